The normalized spacial score (nSPS) is 11.0. The Balaban J connectivity index is 1.77. The molecule has 0 aliphatic rings. The Morgan fingerprint density at radius 3 is 2.75 bits per heavy atom. The van der Waals surface area contributed by atoms with Gasteiger partial charge in [-0.2, -0.15) is 0 Å². The molecule has 0 aliphatic carbocycles. The number of fused-ring (bicyclic) bond motifs is 1. The number of halogens is 2. The van der Waals surface area contributed by atoms with Gasteiger partial charge in [0.05, 0.1) is 28.2 Å². The molecule has 0 spiro atoms. The minimum Gasteiger partial charge on any atom is -0.335 e. The van der Waals surface area contributed by atoms with Gasteiger partial charge in [-0.05, 0) is 36.8 Å². The minimum absolute atomic E-state index is 0.0411. The molecule has 1 heterocycles. The van der Waals surface area contributed by atoms with Crippen LogP contribution in [0.2, 0.25) is 10.0 Å². The molecule has 3 rings (SSSR count). The number of amides is 1. The van der Waals surface area contributed by atoms with E-state index in [-0.39, 0.29) is 23.8 Å². The molecular formula is C20H19Cl2N3O2S. The van der Waals surface area contributed by atoms with Gasteiger partial charge in [-0.15, -0.1) is 11.8 Å². The van der Waals surface area contributed by atoms with E-state index in [0.717, 1.165) is 11.3 Å². The van der Waals surface area contributed by atoms with Gasteiger partial charge in [0.2, 0.25) is 5.91 Å². The molecule has 1 N–H and O–H groups in total. The van der Waals surface area contributed by atoms with Crippen LogP contribution < -0.4 is 5.56 Å². The van der Waals surface area contributed by atoms with Gasteiger partial charge in [0, 0.05) is 16.5 Å². The number of carbonyl (C=O) groups is 1. The van der Waals surface area contributed by atoms with Crippen molar-refractivity contribution in [1.29, 1.82) is 0 Å². The standard InChI is InChI=1S/C20H19Cl2N3O2S/c1-2-9-25(19(26)12-28-17-6-4-3-5-15(17)22)11-18-23-16-10-13(21)7-8-14(16)20(27)24-18/h3-8,10H,2,9,11-12H2,1H3,(H,23,24,27). The van der Waals surface area contributed by atoms with Crippen molar-refractivity contribution in [2.45, 2.75) is 24.8 Å². The number of hydrogen-bond acceptors (Lipinski definition) is 4. The second-order valence-electron chi connectivity index (χ2n) is 6.21. The van der Waals surface area contributed by atoms with Crippen molar-refractivity contribution in [2.75, 3.05) is 12.3 Å². The maximum Gasteiger partial charge on any atom is 0.258 e. The quantitative estimate of drug-likeness (QED) is 0.543. The lowest BCUT2D eigenvalue weighted by Gasteiger charge is -2.21. The number of aromatic nitrogens is 2. The van der Waals surface area contributed by atoms with Gasteiger partial charge >= 0.3 is 0 Å². The Morgan fingerprint density at radius 1 is 1.21 bits per heavy atom. The molecule has 0 radical (unpaired) electrons. The predicted octanol–water partition coefficient (Wildman–Crippen LogP) is 4.76. The van der Waals surface area contributed by atoms with Crippen LogP contribution in [-0.4, -0.2) is 33.1 Å². The van der Waals surface area contributed by atoms with E-state index in [1.54, 1.807) is 29.2 Å². The zero-order valence-corrected chi connectivity index (χ0v) is 17.6. The van der Waals surface area contributed by atoms with Crippen molar-refractivity contribution in [3.63, 3.8) is 0 Å². The molecule has 146 valence electrons. The molecule has 0 bridgehead atoms. The molecular weight excluding hydrogens is 417 g/mol. The molecule has 0 aliphatic heterocycles. The first-order valence-electron chi connectivity index (χ1n) is 8.81. The molecule has 28 heavy (non-hydrogen) atoms. The molecule has 0 saturated carbocycles. The molecule has 1 aromatic heterocycles. The Hall–Kier alpha value is -2.02. The van der Waals surface area contributed by atoms with E-state index in [2.05, 4.69) is 9.97 Å². The first kappa shape index (κ1) is 20.7. The number of rotatable bonds is 7. The third kappa shape index (κ3) is 5.07. The van der Waals surface area contributed by atoms with Crippen LogP contribution in [0.4, 0.5) is 0 Å². The monoisotopic (exact) mass is 435 g/mol. The second-order valence-corrected chi connectivity index (χ2v) is 8.07. The summed E-state index contributed by atoms with van der Waals surface area (Å²) in [6.45, 7) is 2.80. The molecule has 3 aromatic rings. The van der Waals surface area contributed by atoms with Crippen LogP contribution in [0.5, 0.6) is 0 Å². The predicted molar refractivity (Wildman–Crippen MR) is 115 cm³/mol. The van der Waals surface area contributed by atoms with Gasteiger partial charge in [-0.1, -0.05) is 42.3 Å². The third-order valence-electron chi connectivity index (χ3n) is 4.09. The number of hydrogen-bond donors (Lipinski definition) is 1. The number of aromatic amines is 1. The number of nitrogens with one attached hydrogen (secondary N) is 1. The fourth-order valence-electron chi connectivity index (χ4n) is 2.77. The first-order valence-corrected chi connectivity index (χ1v) is 10.6. The summed E-state index contributed by atoms with van der Waals surface area (Å²) in [7, 11) is 0. The lowest BCUT2D eigenvalue weighted by atomic mass is 10.2. The fraction of sp³-hybridized carbons (Fsp3) is 0.250. The summed E-state index contributed by atoms with van der Waals surface area (Å²) < 4.78 is 0. The molecule has 0 fully saturated rings. The number of carbonyl (C=O) groups excluding carboxylic acids is 1. The van der Waals surface area contributed by atoms with Crippen LogP contribution in [0.1, 0.15) is 19.2 Å². The van der Waals surface area contributed by atoms with Gasteiger partial charge in [-0.3, -0.25) is 9.59 Å². The van der Waals surface area contributed by atoms with Crippen LogP contribution in [0, 0.1) is 0 Å². The molecule has 8 heteroatoms. The average Bonchev–Trinajstić information content (AvgIpc) is 2.66. The van der Waals surface area contributed by atoms with Crippen LogP contribution in [-0.2, 0) is 11.3 Å². The van der Waals surface area contributed by atoms with E-state index >= 15 is 0 Å². The van der Waals surface area contributed by atoms with Gasteiger partial charge in [0.1, 0.15) is 5.82 Å². The Bertz CT molecular complexity index is 1060. The fourth-order valence-corrected chi connectivity index (χ4v) is 4.08. The number of H-pyrrole nitrogens is 1. The molecule has 0 unspecified atom stereocenters. The first-order chi connectivity index (χ1) is 13.5. The summed E-state index contributed by atoms with van der Waals surface area (Å²) >= 11 is 13.6. The SMILES string of the molecule is CCCN(Cc1nc2cc(Cl)ccc2c(=O)[nH]1)C(=O)CSc1ccccc1Cl. The zero-order valence-electron chi connectivity index (χ0n) is 15.2. The van der Waals surface area contributed by atoms with Crippen molar-refractivity contribution in [1.82, 2.24) is 14.9 Å². The Morgan fingerprint density at radius 2 is 2.00 bits per heavy atom. The summed E-state index contributed by atoms with van der Waals surface area (Å²) in [6, 6.07) is 12.4. The summed E-state index contributed by atoms with van der Waals surface area (Å²) in [5.74, 6) is 0.651. The van der Waals surface area contributed by atoms with E-state index in [1.807, 2.05) is 25.1 Å². The second kappa shape index (κ2) is 9.45. The molecule has 0 saturated heterocycles. The molecule has 5 nitrogen and oxygen atoms in total. The number of nitrogens with zero attached hydrogens (tertiary/aromatic N) is 2. The summed E-state index contributed by atoms with van der Waals surface area (Å²) in [4.78, 5) is 34.8. The number of thioether (sulfide) groups is 1. The van der Waals surface area contributed by atoms with Crippen molar-refractivity contribution in [3.05, 3.63) is 68.7 Å². The van der Waals surface area contributed by atoms with Crippen molar-refractivity contribution >= 4 is 51.8 Å². The maximum atomic E-state index is 12.7. The van der Waals surface area contributed by atoms with Gasteiger partial charge in [0.25, 0.3) is 5.56 Å². The number of benzene rings is 2. The van der Waals surface area contributed by atoms with Crippen molar-refractivity contribution < 1.29 is 4.79 Å². The minimum atomic E-state index is -0.244. The zero-order chi connectivity index (χ0) is 20.1. The highest BCUT2D eigenvalue weighted by Gasteiger charge is 2.16. The smallest absolute Gasteiger partial charge is 0.258 e. The molecule has 2 aromatic carbocycles. The largest absolute Gasteiger partial charge is 0.335 e. The lowest BCUT2D eigenvalue weighted by Crippen LogP contribution is -2.34. The van der Waals surface area contributed by atoms with Crippen molar-refractivity contribution in [3.8, 4) is 0 Å². The van der Waals surface area contributed by atoms with Crippen molar-refractivity contribution in [2.24, 2.45) is 0 Å². The lowest BCUT2D eigenvalue weighted by molar-refractivity contribution is -0.129. The average molecular weight is 436 g/mol. The Labute approximate surface area is 177 Å². The van der Waals surface area contributed by atoms with Gasteiger partial charge < -0.3 is 9.88 Å². The van der Waals surface area contributed by atoms with Crippen LogP contribution >= 0.6 is 35.0 Å². The van der Waals surface area contributed by atoms with E-state index in [1.165, 1.54) is 11.8 Å². The Kier molecular flexibility index (Phi) is 6.99. The van der Waals surface area contributed by atoms with Crippen LogP contribution in [0.15, 0.2) is 52.2 Å². The highest BCUT2D eigenvalue weighted by molar-refractivity contribution is 8.00. The third-order valence-corrected chi connectivity index (χ3v) is 5.83. The van der Waals surface area contributed by atoms with E-state index in [0.29, 0.717) is 33.3 Å². The summed E-state index contributed by atoms with van der Waals surface area (Å²) in [5, 5.41) is 1.60. The van der Waals surface area contributed by atoms with E-state index in [9.17, 15) is 9.59 Å². The highest BCUT2D eigenvalue weighted by Crippen LogP contribution is 2.26. The summed E-state index contributed by atoms with van der Waals surface area (Å²) in [6.07, 6.45) is 0.798. The van der Waals surface area contributed by atoms with E-state index in [4.69, 9.17) is 23.2 Å². The van der Waals surface area contributed by atoms with Gasteiger partial charge in [0.15, 0.2) is 0 Å². The highest BCUT2D eigenvalue weighted by atomic mass is 35.5. The molecule has 0 atom stereocenters. The van der Waals surface area contributed by atoms with Crippen LogP contribution in [0.25, 0.3) is 10.9 Å². The summed E-state index contributed by atoms with van der Waals surface area (Å²) in [5.41, 5.74) is 0.270. The van der Waals surface area contributed by atoms with Crippen LogP contribution in [0.3, 0.4) is 0 Å². The molecule has 1 amide bonds. The maximum absolute atomic E-state index is 12.7. The van der Waals surface area contributed by atoms with Gasteiger partial charge in [-0.25, -0.2) is 4.98 Å². The van der Waals surface area contributed by atoms with E-state index < -0.39 is 0 Å². The topological polar surface area (TPSA) is 66.1 Å².